The molecule has 0 radical (unpaired) electrons. The molecule has 3 nitrogen and oxygen atoms in total. The highest BCUT2D eigenvalue weighted by atomic mass is 35.5. The van der Waals surface area contributed by atoms with Crippen molar-refractivity contribution >= 4 is 23.1 Å². The average molecular weight is 386 g/mol. The van der Waals surface area contributed by atoms with Gasteiger partial charge in [-0.3, -0.25) is 0 Å². The monoisotopic (exact) mass is 385 g/mol. The van der Waals surface area contributed by atoms with E-state index >= 15 is 0 Å². The van der Waals surface area contributed by atoms with Crippen molar-refractivity contribution in [3.8, 4) is 11.4 Å². The van der Waals surface area contributed by atoms with Gasteiger partial charge in [-0.05, 0) is 24.3 Å². The molecule has 26 heavy (non-hydrogen) atoms. The van der Waals surface area contributed by atoms with Crippen molar-refractivity contribution in [3.05, 3.63) is 70.9 Å². The maximum atomic E-state index is 13.7. The maximum Gasteiger partial charge on any atom is 0.416 e. The normalized spacial score (nSPS) is 11.5. The maximum absolute atomic E-state index is 13.7. The molecule has 9 heteroatoms. The Bertz CT molecular complexity index is 922. The molecule has 3 aromatic rings. The van der Waals surface area contributed by atoms with Gasteiger partial charge in [0.25, 0.3) is 0 Å². The first-order chi connectivity index (χ1) is 12.2. The summed E-state index contributed by atoms with van der Waals surface area (Å²) in [6, 6.07) is 8.68. The molecule has 3 rings (SSSR count). The van der Waals surface area contributed by atoms with Crippen LogP contribution in [-0.2, 0) is 6.18 Å². The third kappa shape index (κ3) is 3.91. The van der Waals surface area contributed by atoms with Crippen molar-refractivity contribution in [2.24, 2.45) is 0 Å². The van der Waals surface area contributed by atoms with E-state index in [1.807, 2.05) is 0 Å². The van der Waals surface area contributed by atoms with Gasteiger partial charge >= 0.3 is 6.18 Å². The molecule has 2 aromatic carbocycles. The average Bonchev–Trinajstić information content (AvgIpc) is 2.57. The lowest BCUT2D eigenvalue weighted by Gasteiger charge is -2.10. The molecule has 0 spiro atoms. The Balaban J connectivity index is 1.95. The zero-order valence-electron chi connectivity index (χ0n) is 12.8. The summed E-state index contributed by atoms with van der Waals surface area (Å²) in [6.45, 7) is 0. The van der Waals surface area contributed by atoms with Gasteiger partial charge in [-0.2, -0.15) is 13.2 Å². The van der Waals surface area contributed by atoms with Crippen molar-refractivity contribution in [1.29, 1.82) is 0 Å². The Labute approximate surface area is 149 Å². The number of hydrogen-bond donors (Lipinski definition) is 1. The summed E-state index contributed by atoms with van der Waals surface area (Å²) in [5.41, 5.74) is -0.992. The molecule has 1 aromatic heterocycles. The molecule has 0 fully saturated rings. The Morgan fingerprint density at radius 1 is 0.885 bits per heavy atom. The molecule has 0 aliphatic heterocycles. The molecule has 1 heterocycles. The van der Waals surface area contributed by atoms with Gasteiger partial charge in [0.05, 0.1) is 5.56 Å². The summed E-state index contributed by atoms with van der Waals surface area (Å²) in [4.78, 5) is 7.98. The third-order valence-electron chi connectivity index (χ3n) is 3.38. The number of benzene rings is 2. The summed E-state index contributed by atoms with van der Waals surface area (Å²) in [5, 5.41) is 2.41. The van der Waals surface area contributed by atoms with E-state index in [1.165, 1.54) is 24.3 Å². The van der Waals surface area contributed by atoms with Gasteiger partial charge in [0.15, 0.2) is 5.82 Å². The number of anilines is 2. The SMILES string of the molecule is Fc1cccc(F)c1Nc1cc(Cl)nc(-c2ccc(C(F)(F)F)cc2)n1. The quantitative estimate of drug-likeness (QED) is 0.455. The summed E-state index contributed by atoms with van der Waals surface area (Å²) >= 11 is 5.89. The molecule has 0 saturated heterocycles. The molecule has 1 N–H and O–H groups in total. The Kier molecular flexibility index (Phi) is 4.78. The van der Waals surface area contributed by atoms with E-state index in [1.54, 1.807) is 0 Å². The molecule has 0 bridgehead atoms. The second-order valence-electron chi connectivity index (χ2n) is 5.20. The smallest absolute Gasteiger partial charge is 0.335 e. The minimum absolute atomic E-state index is 0.00507. The summed E-state index contributed by atoms with van der Waals surface area (Å²) in [7, 11) is 0. The number of para-hydroxylation sites is 1. The molecule has 0 unspecified atom stereocenters. The van der Waals surface area contributed by atoms with E-state index < -0.39 is 29.1 Å². The van der Waals surface area contributed by atoms with Crippen LogP contribution < -0.4 is 5.32 Å². The summed E-state index contributed by atoms with van der Waals surface area (Å²) in [6.07, 6.45) is -4.47. The zero-order chi connectivity index (χ0) is 18.9. The lowest BCUT2D eigenvalue weighted by Crippen LogP contribution is -2.04. The lowest BCUT2D eigenvalue weighted by molar-refractivity contribution is -0.137. The first-order valence-corrected chi connectivity index (χ1v) is 7.55. The topological polar surface area (TPSA) is 37.8 Å². The van der Waals surface area contributed by atoms with Crippen LogP contribution in [0.15, 0.2) is 48.5 Å². The molecule has 0 aliphatic carbocycles. The second kappa shape index (κ2) is 6.87. The number of nitrogens with one attached hydrogen (secondary N) is 1. The number of nitrogens with zero attached hydrogens (tertiary/aromatic N) is 2. The van der Waals surface area contributed by atoms with Gasteiger partial charge in [0.1, 0.15) is 28.3 Å². The van der Waals surface area contributed by atoms with Gasteiger partial charge < -0.3 is 5.32 Å². The Morgan fingerprint density at radius 2 is 1.50 bits per heavy atom. The highest BCUT2D eigenvalue weighted by Crippen LogP contribution is 2.31. The van der Waals surface area contributed by atoms with Crippen molar-refractivity contribution in [1.82, 2.24) is 9.97 Å². The van der Waals surface area contributed by atoms with Crippen molar-refractivity contribution in [2.75, 3.05) is 5.32 Å². The van der Waals surface area contributed by atoms with Gasteiger partial charge in [-0.25, -0.2) is 18.7 Å². The van der Waals surface area contributed by atoms with E-state index in [0.29, 0.717) is 0 Å². The first-order valence-electron chi connectivity index (χ1n) is 7.17. The molecule has 0 amide bonds. The Morgan fingerprint density at radius 3 is 2.08 bits per heavy atom. The number of alkyl halides is 3. The standard InChI is InChI=1S/C17H9ClF5N3/c18-13-8-14(25-15-11(19)2-1-3-12(15)20)26-16(24-13)9-4-6-10(7-5-9)17(21,22)23/h1-8H,(H,24,25,26). The fraction of sp³-hybridized carbons (Fsp3) is 0.0588. The van der Waals surface area contributed by atoms with E-state index in [4.69, 9.17) is 11.6 Å². The van der Waals surface area contributed by atoms with Crippen molar-refractivity contribution in [3.63, 3.8) is 0 Å². The summed E-state index contributed by atoms with van der Waals surface area (Å²) in [5.74, 6) is -1.68. The van der Waals surface area contributed by atoms with E-state index in [0.717, 1.165) is 24.3 Å². The number of aromatic nitrogens is 2. The van der Waals surface area contributed by atoms with Crippen LogP contribution in [-0.4, -0.2) is 9.97 Å². The number of hydrogen-bond acceptors (Lipinski definition) is 3. The van der Waals surface area contributed by atoms with Crippen LogP contribution in [0.1, 0.15) is 5.56 Å². The highest BCUT2D eigenvalue weighted by molar-refractivity contribution is 6.29. The van der Waals surface area contributed by atoms with Crippen LogP contribution in [0.4, 0.5) is 33.5 Å². The number of halogens is 6. The second-order valence-corrected chi connectivity index (χ2v) is 5.58. The zero-order valence-corrected chi connectivity index (χ0v) is 13.5. The van der Waals surface area contributed by atoms with Crippen molar-refractivity contribution in [2.45, 2.75) is 6.18 Å². The highest BCUT2D eigenvalue weighted by Gasteiger charge is 2.30. The minimum atomic E-state index is -4.47. The van der Waals surface area contributed by atoms with Gasteiger partial charge in [-0.15, -0.1) is 0 Å². The van der Waals surface area contributed by atoms with Crippen LogP contribution in [0.2, 0.25) is 5.15 Å². The number of rotatable bonds is 3. The fourth-order valence-corrected chi connectivity index (χ4v) is 2.35. The first kappa shape index (κ1) is 18.1. The third-order valence-corrected chi connectivity index (χ3v) is 3.57. The van der Waals surface area contributed by atoms with Crippen molar-refractivity contribution < 1.29 is 22.0 Å². The van der Waals surface area contributed by atoms with E-state index in [9.17, 15) is 22.0 Å². The largest absolute Gasteiger partial charge is 0.416 e. The molecule has 0 saturated carbocycles. The lowest BCUT2D eigenvalue weighted by atomic mass is 10.1. The molecular formula is C17H9ClF5N3. The predicted molar refractivity (Wildman–Crippen MR) is 87.1 cm³/mol. The van der Waals surface area contributed by atoms with Gasteiger partial charge in [0, 0.05) is 11.6 Å². The van der Waals surface area contributed by atoms with Gasteiger partial charge in [-0.1, -0.05) is 29.8 Å². The minimum Gasteiger partial charge on any atom is -0.335 e. The molecule has 0 aliphatic rings. The van der Waals surface area contributed by atoms with E-state index in [-0.39, 0.29) is 22.4 Å². The van der Waals surface area contributed by atoms with Crippen LogP contribution in [0, 0.1) is 11.6 Å². The van der Waals surface area contributed by atoms with Crippen LogP contribution in [0.3, 0.4) is 0 Å². The molecule has 0 atom stereocenters. The van der Waals surface area contributed by atoms with Crippen LogP contribution >= 0.6 is 11.6 Å². The van der Waals surface area contributed by atoms with Crippen LogP contribution in [0.25, 0.3) is 11.4 Å². The van der Waals surface area contributed by atoms with Crippen LogP contribution in [0.5, 0.6) is 0 Å². The Hall–Kier alpha value is -2.74. The fourth-order valence-electron chi connectivity index (χ4n) is 2.16. The molecule has 134 valence electrons. The predicted octanol–water partition coefficient (Wildman–Crippen LogP) is 5.84. The van der Waals surface area contributed by atoms with E-state index in [2.05, 4.69) is 15.3 Å². The summed E-state index contributed by atoms with van der Waals surface area (Å²) < 4.78 is 65.4. The molecular weight excluding hydrogens is 377 g/mol. The van der Waals surface area contributed by atoms with Gasteiger partial charge in [0.2, 0.25) is 0 Å².